The smallest absolute Gasteiger partial charge is 0.257 e. The topological polar surface area (TPSA) is 68.2 Å². The van der Waals surface area contributed by atoms with Gasteiger partial charge in [0.15, 0.2) is 11.5 Å². The van der Waals surface area contributed by atoms with Gasteiger partial charge in [0.2, 0.25) is 0 Å². The predicted molar refractivity (Wildman–Crippen MR) is 101 cm³/mol. The highest BCUT2D eigenvalue weighted by molar-refractivity contribution is 5.96. The average Bonchev–Trinajstić information content (AvgIpc) is 2.72. The van der Waals surface area contributed by atoms with Crippen molar-refractivity contribution in [2.75, 3.05) is 34.0 Å². The van der Waals surface area contributed by atoms with Crippen LogP contribution >= 0.6 is 0 Å². The van der Waals surface area contributed by atoms with Crippen molar-refractivity contribution in [2.45, 2.75) is 19.1 Å². The van der Waals surface area contributed by atoms with E-state index in [1.807, 2.05) is 0 Å². The second-order valence-electron chi connectivity index (χ2n) is 6.58. The maximum absolute atomic E-state index is 14.4. The molecule has 1 saturated heterocycles. The van der Waals surface area contributed by atoms with Crippen molar-refractivity contribution in [3.63, 3.8) is 0 Å². The summed E-state index contributed by atoms with van der Waals surface area (Å²) in [4.78, 5) is 14.8. The number of aliphatic hydroxyl groups is 1. The molecular weight excluding hydrogens is 365 g/mol. The number of methoxy groups -OCH3 is 2. The number of carbonyl (C=O) groups excluding carboxylic acids is 1. The van der Waals surface area contributed by atoms with E-state index in [0.29, 0.717) is 22.6 Å². The molecule has 1 aliphatic heterocycles. The molecule has 3 rings (SSSR count). The maximum atomic E-state index is 14.4. The lowest BCUT2D eigenvalue weighted by Crippen LogP contribution is -2.49. The van der Waals surface area contributed by atoms with Gasteiger partial charge in [0.1, 0.15) is 11.9 Å². The fourth-order valence-electron chi connectivity index (χ4n) is 3.59. The van der Waals surface area contributed by atoms with Gasteiger partial charge in [-0.15, -0.1) is 0 Å². The molecule has 6 nitrogen and oxygen atoms in total. The summed E-state index contributed by atoms with van der Waals surface area (Å²) < 4.78 is 30.7. The van der Waals surface area contributed by atoms with Crippen molar-refractivity contribution in [1.29, 1.82) is 0 Å². The van der Waals surface area contributed by atoms with Crippen molar-refractivity contribution < 1.29 is 28.5 Å². The van der Waals surface area contributed by atoms with Gasteiger partial charge in [0.25, 0.3) is 5.91 Å². The SMILES string of the molecule is COc1ccc([C@@H]2[C@@H](CO)OCCN2C(=O)c2c(C)cccc2F)cc1OC. The normalized spacial score (nSPS) is 19.4. The Kier molecular flexibility index (Phi) is 6.16. The highest BCUT2D eigenvalue weighted by atomic mass is 19.1. The molecule has 1 amide bonds. The Morgan fingerprint density at radius 2 is 2.00 bits per heavy atom. The molecule has 2 aromatic rings. The molecule has 1 heterocycles. The largest absolute Gasteiger partial charge is 0.493 e. The lowest BCUT2D eigenvalue weighted by atomic mass is 9.96. The molecule has 0 unspecified atom stereocenters. The van der Waals surface area contributed by atoms with E-state index >= 15 is 0 Å². The van der Waals surface area contributed by atoms with Crippen molar-refractivity contribution in [3.05, 3.63) is 58.9 Å². The molecule has 28 heavy (non-hydrogen) atoms. The van der Waals surface area contributed by atoms with Gasteiger partial charge in [-0.05, 0) is 36.2 Å². The third-order valence-electron chi connectivity index (χ3n) is 4.98. The zero-order chi connectivity index (χ0) is 20.3. The summed E-state index contributed by atoms with van der Waals surface area (Å²) in [5.74, 6) is 0.0447. The van der Waals surface area contributed by atoms with E-state index < -0.39 is 23.9 Å². The molecule has 7 heteroatoms. The molecule has 0 aromatic heterocycles. The lowest BCUT2D eigenvalue weighted by molar-refractivity contribution is -0.0812. The Balaban J connectivity index is 2.05. The summed E-state index contributed by atoms with van der Waals surface area (Å²) >= 11 is 0. The van der Waals surface area contributed by atoms with Crippen molar-refractivity contribution in [2.24, 2.45) is 0 Å². The van der Waals surface area contributed by atoms with Crippen LogP contribution in [0.15, 0.2) is 36.4 Å². The monoisotopic (exact) mass is 389 g/mol. The number of aryl methyl sites for hydroxylation is 1. The first-order valence-corrected chi connectivity index (χ1v) is 9.02. The van der Waals surface area contributed by atoms with E-state index in [-0.39, 0.29) is 25.3 Å². The summed E-state index contributed by atoms with van der Waals surface area (Å²) in [5.41, 5.74) is 1.30. The Labute approximate surface area is 163 Å². The molecule has 0 saturated carbocycles. The third-order valence-corrected chi connectivity index (χ3v) is 4.98. The zero-order valence-corrected chi connectivity index (χ0v) is 16.1. The van der Waals surface area contributed by atoms with Crippen LogP contribution in [-0.4, -0.2) is 56.0 Å². The number of rotatable bonds is 5. The third kappa shape index (κ3) is 3.68. The van der Waals surface area contributed by atoms with E-state index in [9.17, 15) is 14.3 Å². The first-order valence-electron chi connectivity index (χ1n) is 9.02. The summed E-state index contributed by atoms with van der Waals surface area (Å²) in [6.07, 6.45) is -0.636. The number of halogens is 1. The Morgan fingerprint density at radius 1 is 1.25 bits per heavy atom. The molecule has 1 fully saturated rings. The summed E-state index contributed by atoms with van der Waals surface area (Å²) in [5, 5.41) is 9.84. The standard InChI is InChI=1S/C21H24FNO5/c1-13-5-4-6-15(22)19(13)21(25)23-9-10-28-18(12-24)20(23)14-7-8-16(26-2)17(11-14)27-3/h4-8,11,18,20,24H,9-10,12H2,1-3H3/t18-,20-/m1/s1. The number of aliphatic hydroxyl groups excluding tert-OH is 1. The first-order chi connectivity index (χ1) is 13.5. The molecule has 2 atom stereocenters. The number of hydrogen-bond acceptors (Lipinski definition) is 5. The Hall–Kier alpha value is -2.64. The van der Waals surface area contributed by atoms with Crippen LogP contribution in [0.3, 0.4) is 0 Å². The van der Waals surface area contributed by atoms with Gasteiger partial charge in [-0.25, -0.2) is 4.39 Å². The van der Waals surface area contributed by atoms with E-state index in [1.165, 1.54) is 20.3 Å². The molecular formula is C21H24FNO5. The van der Waals surface area contributed by atoms with Gasteiger partial charge in [-0.1, -0.05) is 18.2 Å². The number of morpholine rings is 1. The van der Waals surface area contributed by atoms with Gasteiger partial charge in [0.05, 0.1) is 39.0 Å². The molecule has 1 aliphatic rings. The molecule has 0 bridgehead atoms. The van der Waals surface area contributed by atoms with Crippen LogP contribution in [0.4, 0.5) is 4.39 Å². The highest BCUT2D eigenvalue weighted by Gasteiger charge is 2.38. The van der Waals surface area contributed by atoms with E-state index in [2.05, 4.69) is 0 Å². The summed E-state index contributed by atoms with van der Waals surface area (Å²) in [6, 6.07) is 9.22. The van der Waals surface area contributed by atoms with Gasteiger partial charge >= 0.3 is 0 Å². The van der Waals surface area contributed by atoms with Gasteiger partial charge in [-0.3, -0.25) is 4.79 Å². The number of amides is 1. The van der Waals surface area contributed by atoms with Crippen LogP contribution in [0.25, 0.3) is 0 Å². The minimum atomic E-state index is -0.636. The van der Waals surface area contributed by atoms with Crippen LogP contribution in [0.1, 0.15) is 27.5 Å². The Bertz CT molecular complexity index is 836. The number of hydrogen-bond donors (Lipinski definition) is 1. The fourth-order valence-corrected chi connectivity index (χ4v) is 3.59. The summed E-state index contributed by atoms with van der Waals surface area (Å²) in [7, 11) is 3.06. The average molecular weight is 389 g/mol. The Morgan fingerprint density at radius 3 is 2.64 bits per heavy atom. The van der Waals surface area contributed by atoms with E-state index in [4.69, 9.17) is 14.2 Å². The van der Waals surface area contributed by atoms with Crippen LogP contribution in [0, 0.1) is 12.7 Å². The van der Waals surface area contributed by atoms with Crippen molar-refractivity contribution in [3.8, 4) is 11.5 Å². The number of benzene rings is 2. The minimum Gasteiger partial charge on any atom is -0.493 e. The van der Waals surface area contributed by atoms with Gasteiger partial charge in [0, 0.05) is 6.54 Å². The molecule has 0 spiro atoms. The van der Waals surface area contributed by atoms with Crippen molar-refractivity contribution in [1.82, 2.24) is 4.90 Å². The number of ether oxygens (including phenoxy) is 3. The molecule has 150 valence electrons. The molecule has 0 radical (unpaired) electrons. The van der Waals surface area contributed by atoms with Gasteiger partial charge in [-0.2, -0.15) is 0 Å². The van der Waals surface area contributed by atoms with Crippen LogP contribution in [0.5, 0.6) is 11.5 Å². The number of nitrogens with zero attached hydrogens (tertiary/aromatic N) is 1. The fraction of sp³-hybridized carbons (Fsp3) is 0.381. The summed E-state index contributed by atoms with van der Waals surface area (Å²) in [6.45, 7) is 1.96. The molecule has 2 aromatic carbocycles. The predicted octanol–water partition coefficient (Wildman–Crippen LogP) is 2.73. The first kappa shape index (κ1) is 20.1. The molecule has 1 N–H and O–H groups in total. The zero-order valence-electron chi connectivity index (χ0n) is 16.1. The second kappa shape index (κ2) is 8.58. The minimum absolute atomic E-state index is 0.0339. The lowest BCUT2D eigenvalue weighted by Gasteiger charge is -2.41. The van der Waals surface area contributed by atoms with Crippen molar-refractivity contribution >= 4 is 5.91 Å². The quantitative estimate of drug-likeness (QED) is 0.852. The van der Waals surface area contributed by atoms with E-state index in [1.54, 1.807) is 42.2 Å². The van der Waals surface area contributed by atoms with Crippen LogP contribution in [0.2, 0.25) is 0 Å². The van der Waals surface area contributed by atoms with Crippen LogP contribution < -0.4 is 9.47 Å². The number of carbonyl (C=O) groups is 1. The van der Waals surface area contributed by atoms with E-state index in [0.717, 1.165) is 0 Å². The second-order valence-corrected chi connectivity index (χ2v) is 6.58. The highest BCUT2D eigenvalue weighted by Crippen LogP contribution is 2.36. The van der Waals surface area contributed by atoms with Crippen LogP contribution in [-0.2, 0) is 4.74 Å². The van der Waals surface area contributed by atoms with Gasteiger partial charge < -0.3 is 24.2 Å². The maximum Gasteiger partial charge on any atom is 0.257 e. The molecule has 0 aliphatic carbocycles.